The molecule has 5 nitrogen and oxygen atoms in total. The van der Waals surface area contributed by atoms with Crippen molar-refractivity contribution >= 4 is 25.6 Å². The first-order chi connectivity index (χ1) is 18.8. The monoisotopic (exact) mass is 558 g/mol. The molecular formula is C33H58N2O3Si. The summed E-state index contributed by atoms with van der Waals surface area (Å²) in [5, 5.41) is 15.0. The molecule has 0 bridgehead atoms. The molecule has 1 saturated carbocycles. The van der Waals surface area contributed by atoms with E-state index in [0.29, 0.717) is 11.6 Å². The zero-order chi connectivity index (χ0) is 28.5. The molecule has 0 saturated heterocycles. The van der Waals surface area contributed by atoms with Crippen LogP contribution in [0, 0.1) is 0 Å². The third-order valence-corrected chi connectivity index (χ3v) is 13.4. The van der Waals surface area contributed by atoms with Gasteiger partial charge in [-0.15, -0.1) is 0 Å². The summed E-state index contributed by atoms with van der Waals surface area (Å²) < 4.78 is 0. The van der Waals surface area contributed by atoms with Crippen LogP contribution in [0.25, 0.3) is 0 Å². The van der Waals surface area contributed by atoms with Crippen LogP contribution in [0.3, 0.4) is 0 Å². The van der Waals surface area contributed by atoms with Crippen molar-refractivity contribution in [3.05, 3.63) is 29.3 Å². The number of nitrogens with one attached hydrogen (secondary N) is 2. The summed E-state index contributed by atoms with van der Waals surface area (Å²) in [6.45, 7) is 9.22. The topological polar surface area (TPSA) is 78.4 Å². The van der Waals surface area contributed by atoms with Crippen LogP contribution in [0.1, 0.15) is 133 Å². The van der Waals surface area contributed by atoms with E-state index in [1.807, 2.05) is 19.1 Å². The predicted molar refractivity (Wildman–Crippen MR) is 169 cm³/mol. The van der Waals surface area contributed by atoms with Gasteiger partial charge in [-0.1, -0.05) is 123 Å². The molecule has 0 aromatic heterocycles. The fourth-order valence-electron chi connectivity index (χ4n) is 6.44. The summed E-state index contributed by atoms with van der Waals surface area (Å²) in [5.41, 5.74) is 3.65. The number of aliphatic carboxylic acids is 1. The van der Waals surface area contributed by atoms with Crippen molar-refractivity contribution in [1.82, 2.24) is 5.32 Å². The van der Waals surface area contributed by atoms with E-state index in [0.717, 1.165) is 36.1 Å². The summed E-state index contributed by atoms with van der Waals surface area (Å²) in [5.74, 6) is -1.36. The zero-order valence-electron chi connectivity index (χ0n) is 25.6. The molecule has 2 rings (SSSR count). The van der Waals surface area contributed by atoms with Gasteiger partial charge in [-0.25, -0.2) is 0 Å². The lowest BCUT2D eigenvalue weighted by atomic mass is 10.00. The molecule has 39 heavy (non-hydrogen) atoms. The molecule has 222 valence electrons. The van der Waals surface area contributed by atoms with Crippen LogP contribution >= 0.6 is 0 Å². The van der Waals surface area contributed by atoms with Crippen molar-refractivity contribution < 1.29 is 14.7 Å². The minimum atomic E-state index is -1.03. The van der Waals surface area contributed by atoms with Gasteiger partial charge in [0.1, 0.15) is 6.54 Å². The largest absolute Gasteiger partial charge is 0.480 e. The number of carbonyl (C=O) groups is 2. The number of unbranched alkanes of at least 4 members (excludes halogenated alkanes) is 7. The number of benzene rings is 1. The molecule has 1 aromatic carbocycles. The van der Waals surface area contributed by atoms with Crippen molar-refractivity contribution in [2.75, 3.05) is 11.9 Å². The Bertz CT molecular complexity index is 851. The number of hydrogen-bond donors (Lipinski definition) is 3. The molecule has 0 aliphatic heterocycles. The highest BCUT2D eigenvalue weighted by molar-refractivity contribution is 6.78. The third-order valence-electron chi connectivity index (χ3n) is 8.97. The van der Waals surface area contributed by atoms with E-state index in [4.69, 9.17) is 5.11 Å². The fraction of sp³-hybridized carbons (Fsp3) is 0.758. The number of carboxylic acids is 1. The summed E-state index contributed by atoms with van der Waals surface area (Å²) in [4.78, 5) is 23.1. The van der Waals surface area contributed by atoms with Gasteiger partial charge >= 0.3 is 5.97 Å². The molecule has 0 radical (unpaired) electrons. The van der Waals surface area contributed by atoms with Crippen molar-refractivity contribution in [3.8, 4) is 0 Å². The smallest absolute Gasteiger partial charge is 0.322 e. The molecule has 1 aliphatic rings. The lowest BCUT2D eigenvalue weighted by Crippen LogP contribution is -2.33. The second-order valence-electron chi connectivity index (χ2n) is 12.6. The molecule has 0 spiro atoms. The lowest BCUT2D eigenvalue weighted by molar-refractivity contribution is -0.135. The Morgan fingerprint density at radius 1 is 0.923 bits per heavy atom. The Morgan fingerprint density at radius 2 is 1.56 bits per heavy atom. The van der Waals surface area contributed by atoms with Gasteiger partial charge in [-0.3, -0.25) is 9.59 Å². The summed E-state index contributed by atoms with van der Waals surface area (Å²) in [6.07, 6.45) is 22.7. The predicted octanol–water partition coefficient (Wildman–Crippen LogP) is 9.20. The van der Waals surface area contributed by atoms with E-state index >= 15 is 0 Å². The Morgan fingerprint density at radius 3 is 2.18 bits per heavy atom. The van der Waals surface area contributed by atoms with Gasteiger partial charge in [0.2, 0.25) is 0 Å². The maximum absolute atomic E-state index is 12.4. The summed E-state index contributed by atoms with van der Waals surface area (Å²) >= 11 is 0. The second-order valence-corrected chi connectivity index (χ2v) is 17.9. The van der Waals surface area contributed by atoms with Crippen LogP contribution in [0.15, 0.2) is 18.2 Å². The molecule has 0 heterocycles. The number of carbonyl (C=O) groups excluding carboxylic acids is 1. The van der Waals surface area contributed by atoms with E-state index in [1.54, 1.807) is 6.04 Å². The van der Waals surface area contributed by atoms with Crippen molar-refractivity contribution in [2.45, 2.75) is 154 Å². The maximum atomic E-state index is 12.4. The molecule has 3 N–H and O–H groups in total. The van der Waals surface area contributed by atoms with Gasteiger partial charge in [-0.2, -0.15) is 0 Å². The first kappa shape index (κ1) is 33.4. The van der Waals surface area contributed by atoms with E-state index in [9.17, 15) is 9.59 Å². The third kappa shape index (κ3) is 12.9. The number of carboxylic acid groups (broad SMARTS) is 1. The minimum absolute atomic E-state index is 0.323. The Hall–Kier alpha value is -1.82. The highest BCUT2D eigenvalue weighted by Gasteiger charge is 2.31. The SMILES string of the molecule is CCCC(CCCCCCCCCC[Si](C)(C)C1CCCCC1)Nc1ccc(C(=O)NCC(=O)O)c(CC)c1. The van der Waals surface area contributed by atoms with Crippen LogP contribution in [-0.2, 0) is 11.2 Å². The minimum Gasteiger partial charge on any atom is -0.480 e. The molecule has 6 heteroatoms. The average Bonchev–Trinajstić information content (AvgIpc) is 2.93. The van der Waals surface area contributed by atoms with E-state index in [2.05, 4.69) is 36.7 Å². The van der Waals surface area contributed by atoms with Gasteiger partial charge < -0.3 is 15.7 Å². The standard InChI is InChI=1S/C33H58N2O3Si/c1-5-18-28(35-29-22-23-31(27(6-2)25-29)33(38)34-26-32(36)37)19-14-11-9-7-8-10-12-17-24-39(3,4)30-20-15-13-16-21-30/h22-23,25,28,30,35H,5-21,24,26H2,1-4H3,(H,34,38)(H,36,37). The molecule has 1 amide bonds. The quantitative estimate of drug-likeness (QED) is 0.110. The number of anilines is 1. The van der Waals surface area contributed by atoms with Gasteiger partial charge in [0, 0.05) is 17.3 Å². The molecule has 1 atom stereocenters. The van der Waals surface area contributed by atoms with Crippen LogP contribution in [0.4, 0.5) is 5.69 Å². The summed E-state index contributed by atoms with van der Waals surface area (Å²) in [7, 11) is -0.999. The maximum Gasteiger partial charge on any atom is 0.322 e. The molecule has 1 unspecified atom stereocenters. The summed E-state index contributed by atoms with van der Waals surface area (Å²) in [6, 6.07) is 7.82. The second kappa shape index (κ2) is 18.5. The van der Waals surface area contributed by atoms with Gasteiger partial charge in [0.25, 0.3) is 5.91 Å². The van der Waals surface area contributed by atoms with Crippen LogP contribution < -0.4 is 10.6 Å². The zero-order valence-corrected chi connectivity index (χ0v) is 26.6. The number of rotatable bonds is 20. The molecule has 1 fully saturated rings. The van der Waals surface area contributed by atoms with E-state index in [1.165, 1.54) is 89.9 Å². The highest BCUT2D eigenvalue weighted by atomic mass is 28.3. The van der Waals surface area contributed by atoms with Crippen LogP contribution in [0.5, 0.6) is 0 Å². The normalized spacial score (nSPS) is 15.2. The number of amides is 1. The first-order valence-corrected chi connectivity index (χ1v) is 19.4. The van der Waals surface area contributed by atoms with E-state index in [-0.39, 0.29) is 12.5 Å². The fourth-order valence-corrected chi connectivity index (χ4v) is 9.98. The van der Waals surface area contributed by atoms with Gasteiger partial charge in [0.05, 0.1) is 8.07 Å². The highest BCUT2D eigenvalue weighted by Crippen LogP contribution is 2.39. The van der Waals surface area contributed by atoms with Crippen LogP contribution in [-0.4, -0.2) is 37.6 Å². The molecule has 1 aliphatic carbocycles. The average molecular weight is 559 g/mol. The Labute approximate surface area is 240 Å². The first-order valence-electron chi connectivity index (χ1n) is 16.2. The number of hydrogen-bond acceptors (Lipinski definition) is 3. The number of aryl methyl sites for hydroxylation is 1. The van der Waals surface area contributed by atoms with Gasteiger partial charge in [-0.05, 0) is 48.6 Å². The Balaban J connectivity index is 1.63. The van der Waals surface area contributed by atoms with E-state index < -0.39 is 14.0 Å². The molecular weight excluding hydrogens is 500 g/mol. The van der Waals surface area contributed by atoms with Crippen molar-refractivity contribution in [2.24, 2.45) is 0 Å². The van der Waals surface area contributed by atoms with Crippen molar-refractivity contribution in [1.29, 1.82) is 0 Å². The lowest BCUT2D eigenvalue weighted by Gasteiger charge is -2.35. The Kier molecular flexibility index (Phi) is 15.8. The van der Waals surface area contributed by atoms with Gasteiger partial charge in [0.15, 0.2) is 0 Å². The van der Waals surface area contributed by atoms with Crippen LogP contribution in [0.2, 0.25) is 24.7 Å². The molecule has 1 aromatic rings. The van der Waals surface area contributed by atoms with Crippen molar-refractivity contribution in [3.63, 3.8) is 0 Å².